The Balaban J connectivity index is 2.63. The van der Waals surface area contributed by atoms with Crippen LogP contribution in [-0.2, 0) is 16.4 Å². The average molecular weight is 449 g/mol. The van der Waals surface area contributed by atoms with Crippen LogP contribution in [0.5, 0.6) is 5.75 Å². The molecule has 0 atom stereocenters. The molecule has 0 amide bonds. The van der Waals surface area contributed by atoms with Crippen LogP contribution in [0, 0.1) is 5.82 Å². The first kappa shape index (κ1) is 22.4. The molecule has 0 aliphatic carbocycles. The number of phenols is 1. The molecular formula is C13H9F10NO3S. The third-order valence-corrected chi connectivity index (χ3v) is 5.82. The zero-order chi connectivity index (χ0) is 21.9. The van der Waals surface area contributed by atoms with Gasteiger partial charge in [0.25, 0.3) is 0 Å². The van der Waals surface area contributed by atoms with Gasteiger partial charge < -0.3 is 5.11 Å². The Morgan fingerprint density at radius 2 is 1.46 bits per heavy atom. The summed E-state index contributed by atoms with van der Waals surface area (Å²) in [4.78, 5) is 0. The molecule has 0 radical (unpaired) electrons. The van der Waals surface area contributed by atoms with Gasteiger partial charge in [-0.1, -0.05) is 0 Å². The lowest BCUT2D eigenvalue weighted by Gasteiger charge is -2.38. The van der Waals surface area contributed by atoms with Crippen molar-refractivity contribution in [2.75, 3.05) is 10.8 Å². The third-order valence-electron chi connectivity index (χ3n) is 3.95. The van der Waals surface area contributed by atoms with Crippen molar-refractivity contribution in [3.8, 4) is 5.75 Å². The Labute approximate surface area is 150 Å². The second kappa shape index (κ2) is 6.29. The van der Waals surface area contributed by atoms with E-state index in [0.29, 0.717) is 6.07 Å². The molecule has 28 heavy (non-hydrogen) atoms. The number of hydrogen-bond acceptors (Lipinski definition) is 3. The summed E-state index contributed by atoms with van der Waals surface area (Å²) in [6.07, 6.45) is -7.68. The van der Waals surface area contributed by atoms with Gasteiger partial charge in [-0.05, 0) is 24.5 Å². The van der Waals surface area contributed by atoms with E-state index in [9.17, 15) is 57.4 Å². The monoisotopic (exact) mass is 449 g/mol. The number of nitrogens with zero attached hydrogens (tertiary/aromatic N) is 1. The van der Waals surface area contributed by atoms with Crippen LogP contribution in [0.4, 0.5) is 49.6 Å². The molecule has 2 rings (SSSR count). The predicted molar refractivity (Wildman–Crippen MR) is 73.5 cm³/mol. The van der Waals surface area contributed by atoms with Gasteiger partial charge in [0.15, 0.2) is 11.6 Å². The molecule has 1 aliphatic rings. The van der Waals surface area contributed by atoms with Crippen LogP contribution in [0.3, 0.4) is 0 Å². The Bertz CT molecular complexity index is 881. The number of hydrogen-bond donors (Lipinski definition) is 1. The summed E-state index contributed by atoms with van der Waals surface area (Å²) in [5, 5.41) is 2.30. The molecular weight excluding hydrogens is 440 g/mol. The van der Waals surface area contributed by atoms with Gasteiger partial charge in [-0.3, -0.25) is 4.31 Å². The SMILES string of the molecule is O=S(=O)(N1CCCc2cc(O)c(F)cc21)C(F)(F)C(F)(F)C(F)(F)C(F)(F)F. The van der Waals surface area contributed by atoms with Gasteiger partial charge in [0.1, 0.15) is 0 Å². The van der Waals surface area contributed by atoms with Crippen LogP contribution in [0.25, 0.3) is 0 Å². The number of halogens is 10. The molecule has 0 saturated carbocycles. The van der Waals surface area contributed by atoms with Crippen LogP contribution in [-0.4, -0.2) is 43.3 Å². The van der Waals surface area contributed by atoms with Crippen LogP contribution in [0.2, 0.25) is 0 Å². The number of benzene rings is 1. The maximum atomic E-state index is 14.0. The fourth-order valence-corrected chi connectivity index (χ4v) is 4.00. The molecule has 0 fully saturated rings. The minimum Gasteiger partial charge on any atom is -0.505 e. The quantitative estimate of drug-likeness (QED) is 0.707. The summed E-state index contributed by atoms with van der Waals surface area (Å²) in [6, 6.07) is 0.754. The lowest BCUT2D eigenvalue weighted by molar-refractivity contribution is -0.382. The normalized spacial score (nSPS) is 16.9. The third kappa shape index (κ3) is 2.93. The van der Waals surface area contributed by atoms with E-state index in [2.05, 4.69) is 0 Å². The van der Waals surface area contributed by atoms with Crippen molar-refractivity contribution in [1.29, 1.82) is 0 Å². The number of aromatic hydroxyl groups is 1. The number of alkyl halides is 9. The van der Waals surface area contributed by atoms with Gasteiger partial charge in [0.05, 0.1) is 5.69 Å². The van der Waals surface area contributed by atoms with Gasteiger partial charge in [-0.2, -0.15) is 47.9 Å². The largest absolute Gasteiger partial charge is 0.505 e. The highest BCUT2D eigenvalue weighted by Crippen LogP contribution is 2.55. The van der Waals surface area contributed by atoms with Crippen LogP contribution >= 0.6 is 0 Å². The first-order valence-corrected chi connectivity index (χ1v) is 8.57. The summed E-state index contributed by atoms with van der Waals surface area (Å²) < 4.78 is 154. The molecule has 1 aromatic carbocycles. The first-order valence-electron chi connectivity index (χ1n) is 7.13. The topological polar surface area (TPSA) is 57.6 Å². The van der Waals surface area contributed by atoms with E-state index >= 15 is 0 Å². The fourth-order valence-electron chi connectivity index (χ4n) is 2.47. The molecule has 1 heterocycles. The van der Waals surface area contributed by atoms with Crippen LogP contribution in [0.1, 0.15) is 12.0 Å². The maximum absolute atomic E-state index is 14.0. The summed E-state index contributed by atoms with van der Waals surface area (Å²) in [5.74, 6) is -17.4. The van der Waals surface area contributed by atoms with E-state index in [0.717, 1.165) is 0 Å². The predicted octanol–water partition coefficient (Wildman–Crippen LogP) is 4.04. The summed E-state index contributed by atoms with van der Waals surface area (Å²) in [5.41, 5.74) is -1.32. The standard InChI is InChI=1S/C13H9F10NO3S/c14-7-5-8-6(4-9(7)25)2-1-3-24(8)28(26,27)13(22,23)11(17,18)10(15,16)12(19,20)21/h4-5,25H,1-3H2. The summed E-state index contributed by atoms with van der Waals surface area (Å²) in [7, 11) is -6.88. The molecule has 160 valence electrons. The Hall–Kier alpha value is -1.93. The number of phenolic OH excluding ortho intramolecular Hbond substituents is 1. The Morgan fingerprint density at radius 3 is 1.96 bits per heavy atom. The van der Waals surface area contributed by atoms with Gasteiger partial charge in [-0.15, -0.1) is 0 Å². The van der Waals surface area contributed by atoms with E-state index in [1.807, 2.05) is 0 Å². The Kier molecular flexibility index (Phi) is 5.02. The van der Waals surface area contributed by atoms with Crippen LogP contribution < -0.4 is 4.31 Å². The van der Waals surface area contributed by atoms with Gasteiger partial charge in [-0.25, -0.2) is 4.39 Å². The first-order chi connectivity index (χ1) is 12.4. The van der Waals surface area contributed by atoms with Crippen LogP contribution in [0.15, 0.2) is 12.1 Å². The van der Waals surface area contributed by atoms with E-state index in [4.69, 9.17) is 0 Å². The van der Waals surface area contributed by atoms with Crippen molar-refractivity contribution in [2.24, 2.45) is 0 Å². The molecule has 1 aromatic rings. The highest BCUT2D eigenvalue weighted by molar-refractivity contribution is 7.93. The molecule has 0 unspecified atom stereocenters. The second-order valence-electron chi connectivity index (χ2n) is 5.78. The van der Waals surface area contributed by atoms with Gasteiger partial charge in [0, 0.05) is 12.6 Å². The number of anilines is 1. The number of fused-ring (bicyclic) bond motifs is 1. The summed E-state index contributed by atoms with van der Waals surface area (Å²) in [6.45, 7) is -1.02. The van der Waals surface area contributed by atoms with Crippen molar-refractivity contribution in [3.63, 3.8) is 0 Å². The van der Waals surface area contributed by atoms with Crippen molar-refractivity contribution < 1.29 is 57.4 Å². The zero-order valence-electron chi connectivity index (χ0n) is 13.2. The molecule has 0 bridgehead atoms. The van der Waals surface area contributed by atoms with Crippen molar-refractivity contribution in [1.82, 2.24) is 0 Å². The highest BCUT2D eigenvalue weighted by atomic mass is 32.2. The minimum absolute atomic E-state index is 0.143. The minimum atomic E-state index is -7.39. The van der Waals surface area contributed by atoms with Gasteiger partial charge >= 0.3 is 33.3 Å². The molecule has 1 aliphatic heterocycles. The number of sulfonamides is 1. The van der Waals surface area contributed by atoms with E-state index < -0.39 is 61.4 Å². The lowest BCUT2D eigenvalue weighted by Crippen LogP contribution is -2.65. The lowest BCUT2D eigenvalue weighted by atomic mass is 10.0. The van der Waals surface area contributed by atoms with Gasteiger partial charge in [0.2, 0.25) is 0 Å². The molecule has 0 aromatic heterocycles. The Morgan fingerprint density at radius 1 is 0.929 bits per heavy atom. The number of rotatable bonds is 4. The van der Waals surface area contributed by atoms with Crippen molar-refractivity contribution >= 4 is 15.7 Å². The van der Waals surface area contributed by atoms with Crippen molar-refractivity contribution in [3.05, 3.63) is 23.5 Å². The molecule has 0 saturated heterocycles. The average Bonchev–Trinajstić information content (AvgIpc) is 2.53. The van der Waals surface area contributed by atoms with E-state index in [1.54, 1.807) is 0 Å². The number of aryl methyl sites for hydroxylation is 1. The van der Waals surface area contributed by atoms with E-state index in [1.165, 1.54) is 0 Å². The highest BCUT2D eigenvalue weighted by Gasteiger charge is 2.86. The molecule has 1 N–H and O–H groups in total. The molecule has 4 nitrogen and oxygen atoms in total. The van der Waals surface area contributed by atoms with E-state index in [-0.39, 0.29) is 24.5 Å². The molecule has 0 spiro atoms. The maximum Gasteiger partial charge on any atom is 0.460 e. The smallest absolute Gasteiger partial charge is 0.460 e. The molecule has 15 heteroatoms. The fraction of sp³-hybridized carbons (Fsp3) is 0.538. The second-order valence-corrected chi connectivity index (χ2v) is 7.68. The zero-order valence-corrected chi connectivity index (χ0v) is 14.0. The van der Waals surface area contributed by atoms with Crippen molar-refractivity contribution in [2.45, 2.75) is 36.1 Å². The summed E-state index contributed by atoms with van der Waals surface area (Å²) >= 11 is 0.